The average molecular weight is 308 g/mol. The minimum absolute atomic E-state index is 0.228. The van der Waals surface area contributed by atoms with E-state index < -0.39 is 0 Å². The molecule has 0 spiro atoms. The van der Waals surface area contributed by atoms with Crippen LogP contribution in [0.4, 0.5) is 5.13 Å². The number of aryl methyl sites for hydroxylation is 2. The number of carbonyl (C=O) groups is 2. The number of aromatic nitrogens is 3. The van der Waals surface area contributed by atoms with Crippen molar-refractivity contribution in [3.8, 4) is 0 Å². The lowest BCUT2D eigenvalue weighted by Gasteiger charge is -1.98. The summed E-state index contributed by atoms with van der Waals surface area (Å²) in [5, 5.41) is 9.12. The third-order valence-electron chi connectivity index (χ3n) is 2.76. The van der Waals surface area contributed by atoms with E-state index in [1.54, 1.807) is 24.0 Å². The Morgan fingerprint density at radius 2 is 2.29 bits per heavy atom. The van der Waals surface area contributed by atoms with Crippen LogP contribution < -0.4 is 5.32 Å². The van der Waals surface area contributed by atoms with Crippen LogP contribution in [0.1, 0.15) is 29.0 Å². The van der Waals surface area contributed by atoms with E-state index in [1.807, 2.05) is 5.38 Å². The maximum absolute atomic E-state index is 11.9. The van der Waals surface area contributed by atoms with Crippen molar-refractivity contribution in [3.63, 3.8) is 0 Å². The zero-order chi connectivity index (χ0) is 15.2. The largest absolute Gasteiger partial charge is 0.469 e. The van der Waals surface area contributed by atoms with E-state index >= 15 is 0 Å². The number of nitrogens with one attached hydrogen (secondary N) is 1. The Kier molecular flexibility index (Phi) is 5.04. The SMILES string of the molecule is COC(=O)CCCc1csc(NC(=O)c2ccn(C)n2)n1. The maximum Gasteiger partial charge on any atom is 0.305 e. The van der Waals surface area contributed by atoms with Gasteiger partial charge in [-0.3, -0.25) is 19.6 Å². The molecule has 1 N–H and O–H groups in total. The number of thiazole rings is 1. The molecule has 0 aliphatic heterocycles. The van der Waals surface area contributed by atoms with Gasteiger partial charge in [0.05, 0.1) is 12.8 Å². The molecule has 21 heavy (non-hydrogen) atoms. The summed E-state index contributed by atoms with van der Waals surface area (Å²) in [5.74, 6) is -0.514. The number of carbonyl (C=O) groups excluding carboxylic acids is 2. The van der Waals surface area contributed by atoms with Crippen molar-refractivity contribution in [1.82, 2.24) is 14.8 Å². The Morgan fingerprint density at radius 1 is 1.48 bits per heavy atom. The third-order valence-corrected chi connectivity index (χ3v) is 3.57. The Labute approximate surface area is 125 Å². The summed E-state index contributed by atoms with van der Waals surface area (Å²) in [5.41, 5.74) is 1.19. The first-order valence-corrected chi connectivity index (χ1v) is 7.28. The molecule has 112 valence electrons. The standard InChI is InChI=1S/C13H16N4O3S/c1-17-7-6-10(16-17)12(19)15-13-14-9(8-21-13)4-3-5-11(18)20-2/h6-8H,3-5H2,1-2H3,(H,14,15,19). The van der Waals surface area contributed by atoms with Crippen LogP contribution in [0.2, 0.25) is 0 Å². The highest BCUT2D eigenvalue weighted by Crippen LogP contribution is 2.17. The van der Waals surface area contributed by atoms with Gasteiger partial charge in [0.1, 0.15) is 0 Å². The lowest BCUT2D eigenvalue weighted by atomic mass is 10.2. The van der Waals surface area contributed by atoms with Crippen molar-refractivity contribution in [3.05, 3.63) is 29.0 Å². The fourth-order valence-corrected chi connectivity index (χ4v) is 2.43. The van der Waals surface area contributed by atoms with Crippen LogP contribution in [0.3, 0.4) is 0 Å². The lowest BCUT2D eigenvalue weighted by molar-refractivity contribution is -0.140. The molecule has 1 amide bonds. The number of ether oxygens (including phenoxy) is 1. The van der Waals surface area contributed by atoms with Gasteiger partial charge in [-0.05, 0) is 18.9 Å². The highest BCUT2D eigenvalue weighted by Gasteiger charge is 2.11. The minimum Gasteiger partial charge on any atom is -0.469 e. The van der Waals surface area contributed by atoms with Crippen molar-refractivity contribution in [2.75, 3.05) is 12.4 Å². The summed E-state index contributed by atoms with van der Waals surface area (Å²) in [6, 6.07) is 1.64. The van der Waals surface area contributed by atoms with E-state index in [4.69, 9.17) is 0 Å². The topological polar surface area (TPSA) is 86.1 Å². The molecule has 2 rings (SSSR count). The zero-order valence-electron chi connectivity index (χ0n) is 11.8. The van der Waals surface area contributed by atoms with Crippen LogP contribution in [-0.4, -0.2) is 33.8 Å². The van der Waals surface area contributed by atoms with Gasteiger partial charge in [-0.15, -0.1) is 11.3 Å². The molecule has 7 nitrogen and oxygen atoms in total. The smallest absolute Gasteiger partial charge is 0.305 e. The van der Waals surface area contributed by atoms with Crippen LogP contribution in [0.15, 0.2) is 17.6 Å². The Bertz CT molecular complexity index is 635. The Morgan fingerprint density at radius 3 is 2.95 bits per heavy atom. The molecule has 0 aliphatic carbocycles. The second-order valence-electron chi connectivity index (χ2n) is 4.40. The van der Waals surface area contributed by atoms with Crippen LogP contribution >= 0.6 is 11.3 Å². The number of amides is 1. The fourth-order valence-electron chi connectivity index (χ4n) is 1.69. The summed E-state index contributed by atoms with van der Waals surface area (Å²) in [7, 11) is 3.12. The summed E-state index contributed by atoms with van der Waals surface area (Å²) in [4.78, 5) is 27.2. The Hall–Kier alpha value is -2.22. The molecular formula is C13H16N4O3S. The van der Waals surface area contributed by atoms with Crippen LogP contribution in [0, 0.1) is 0 Å². The number of esters is 1. The van der Waals surface area contributed by atoms with Gasteiger partial charge < -0.3 is 4.74 Å². The van der Waals surface area contributed by atoms with Gasteiger partial charge in [-0.2, -0.15) is 5.10 Å². The molecule has 0 fully saturated rings. The van der Waals surface area contributed by atoms with Crippen LogP contribution in [-0.2, 0) is 23.0 Å². The summed E-state index contributed by atoms with van der Waals surface area (Å²) in [6.45, 7) is 0. The van der Waals surface area contributed by atoms with Crippen molar-refractivity contribution in [2.24, 2.45) is 7.05 Å². The van der Waals surface area contributed by atoms with Crippen LogP contribution in [0.5, 0.6) is 0 Å². The molecule has 0 radical (unpaired) electrons. The number of methoxy groups -OCH3 is 1. The van der Waals surface area contributed by atoms with Gasteiger partial charge >= 0.3 is 5.97 Å². The number of hydrogen-bond donors (Lipinski definition) is 1. The molecule has 2 aromatic heterocycles. The fraction of sp³-hybridized carbons (Fsp3) is 0.385. The van der Waals surface area contributed by atoms with Crippen molar-refractivity contribution in [1.29, 1.82) is 0 Å². The van der Waals surface area contributed by atoms with Crippen LogP contribution in [0.25, 0.3) is 0 Å². The molecule has 0 saturated carbocycles. The molecule has 0 atom stereocenters. The molecular weight excluding hydrogens is 292 g/mol. The van der Waals surface area contributed by atoms with Crippen molar-refractivity contribution in [2.45, 2.75) is 19.3 Å². The van der Waals surface area contributed by atoms with Gasteiger partial charge in [0.25, 0.3) is 5.91 Å². The monoisotopic (exact) mass is 308 g/mol. The normalized spacial score (nSPS) is 10.4. The number of anilines is 1. The van der Waals surface area contributed by atoms with Gasteiger partial charge in [0, 0.05) is 25.0 Å². The third kappa shape index (κ3) is 4.38. The Balaban J connectivity index is 1.85. The van der Waals surface area contributed by atoms with Crippen molar-refractivity contribution < 1.29 is 14.3 Å². The van der Waals surface area contributed by atoms with Gasteiger partial charge in [0.15, 0.2) is 10.8 Å². The van der Waals surface area contributed by atoms with E-state index in [0.29, 0.717) is 30.1 Å². The van der Waals surface area contributed by atoms with Gasteiger partial charge in [0.2, 0.25) is 0 Å². The number of hydrogen-bond acceptors (Lipinski definition) is 6. The van der Waals surface area contributed by atoms with Gasteiger partial charge in [-0.25, -0.2) is 4.98 Å². The van der Waals surface area contributed by atoms with E-state index in [1.165, 1.54) is 18.4 Å². The molecule has 0 saturated heterocycles. The van der Waals surface area contributed by atoms with E-state index in [9.17, 15) is 9.59 Å². The number of rotatable bonds is 6. The highest BCUT2D eigenvalue weighted by atomic mass is 32.1. The maximum atomic E-state index is 11.9. The van der Waals surface area contributed by atoms with E-state index in [2.05, 4.69) is 20.1 Å². The highest BCUT2D eigenvalue weighted by molar-refractivity contribution is 7.13. The average Bonchev–Trinajstić information content (AvgIpc) is 3.08. The zero-order valence-corrected chi connectivity index (χ0v) is 12.6. The number of nitrogens with zero attached hydrogens (tertiary/aromatic N) is 3. The lowest BCUT2D eigenvalue weighted by Crippen LogP contribution is -2.12. The molecule has 0 unspecified atom stereocenters. The summed E-state index contributed by atoms with van der Waals surface area (Å²) in [6.07, 6.45) is 3.41. The first-order chi connectivity index (χ1) is 10.1. The summed E-state index contributed by atoms with van der Waals surface area (Å²) < 4.78 is 6.14. The van der Waals surface area contributed by atoms with Gasteiger partial charge in [-0.1, -0.05) is 0 Å². The quantitative estimate of drug-likeness (QED) is 0.820. The second kappa shape index (κ2) is 6.98. The van der Waals surface area contributed by atoms with E-state index in [-0.39, 0.29) is 11.9 Å². The van der Waals surface area contributed by atoms with E-state index in [0.717, 1.165) is 5.69 Å². The first-order valence-electron chi connectivity index (χ1n) is 6.40. The molecule has 0 bridgehead atoms. The predicted octanol–water partition coefficient (Wildman–Crippen LogP) is 1.62. The minimum atomic E-state index is -0.286. The second-order valence-corrected chi connectivity index (χ2v) is 5.26. The molecule has 8 heteroatoms. The molecule has 0 aliphatic rings. The molecule has 0 aromatic carbocycles. The van der Waals surface area contributed by atoms with Crippen molar-refractivity contribution >= 4 is 28.3 Å². The molecule has 2 heterocycles. The summed E-state index contributed by atoms with van der Waals surface area (Å²) >= 11 is 1.35. The predicted molar refractivity (Wildman–Crippen MR) is 78.2 cm³/mol. The first kappa shape index (κ1) is 15.2. The molecule has 2 aromatic rings.